The van der Waals surface area contributed by atoms with Crippen LogP contribution in [0.2, 0.25) is 0 Å². The van der Waals surface area contributed by atoms with E-state index in [-0.39, 0.29) is 59.4 Å². The average molecular weight is 1010 g/mol. The van der Waals surface area contributed by atoms with Crippen LogP contribution in [0.5, 0.6) is 0 Å². The lowest BCUT2D eigenvalue weighted by molar-refractivity contribution is -0.173. The highest BCUT2D eigenvalue weighted by Crippen LogP contribution is 2.29. The van der Waals surface area contributed by atoms with Crippen LogP contribution in [0, 0.1) is 23.7 Å². The smallest absolute Gasteiger partial charge is 0.379 e. The van der Waals surface area contributed by atoms with Gasteiger partial charge in [0.05, 0.1) is 48.4 Å². The van der Waals surface area contributed by atoms with Gasteiger partial charge >= 0.3 is 12.1 Å². The summed E-state index contributed by atoms with van der Waals surface area (Å²) < 4.78 is 78.3. The van der Waals surface area contributed by atoms with Crippen molar-refractivity contribution in [1.82, 2.24) is 35.4 Å². The number of carbonyl (C=O) groups is 6. The maximum absolute atomic E-state index is 14.3. The second-order valence-electron chi connectivity index (χ2n) is 19.3. The summed E-state index contributed by atoms with van der Waals surface area (Å²) in [6, 6.07) is 10.1. The Kier molecular flexibility index (Phi) is 22.3. The first-order valence-electron chi connectivity index (χ1n) is 23.5. The van der Waals surface area contributed by atoms with E-state index in [1.54, 1.807) is 59.4 Å². The second-order valence-corrected chi connectivity index (χ2v) is 21.0. The highest BCUT2D eigenvalue weighted by Gasteiger charge is 2.44. The summed E-state index contributed by atoms with van der Waals surface area (Å²) in [5.41, 5.74) is 1.09. The number of amides is 6. The molecule has 0 unspecified atom stereocenters. The van der Waals surface area contributed by atoms with E-state index in [1.807, 2.05) is 65.3 Å². The van der Waals surface area contributed by atoms with Crippen LogP contribution in [-0.4, -0.2) is 149 Å². The molecule has 392 valence electrons. The minimum absolute atomic E-state index is 0.0129. The average Bonchev–Trinajstić information content (AvgIpc) is 3.76. The van der Waals surface area contributed by atoms with Gasteiger partial charge in [-0.05, 0) is 61.4 Å². The van der Waals surface area contributed by atoms with Gasteiger partial charge in [-0.1, -0.05) is 103 Å². The van der Waals surface area contributed by atoms with E-state index < -0.39 is 94.6 Å². The van der Waals surface area contributed by atoms with E-state index in [4.69, 9.17) is 9.47 Å². The van der Waals surface area contributed by atoms with Crippen molar-refractivity contribution in [3.8, 4) is 0 Å². The van der Waals surface area contributed by atoms with Gasteiger partial charge in [0.25, 0.3) is 5.91 Å². The number of rotatable bonds is 25. The van der Waals surface area contributed by atoms with Crippen molar-refractivity contribution in [2.75, 3.05) is 41.9 Å². The van der Waals surface area contributed by atoms with Gasteiger partial charge < -0.3 is 35.2 Å². The molecule has 0 saturated carbocycles. The number of likely N-dealkylation sites (tertiary alicyclic amines) is 1. The zero-order valence-electron chi connectivity index (χ0n) is 42.5. The molecular formula is C49H74F3N7O10S. The normalized spacial score (nSPS) is 17.4. The third-order valence-electron chi connectivity index (χ3n) is 12.7. The fourth-order valence-corrected chi connectivity index (χ4v) is 10.3. The molecule has 1 fully saturated rings. The van der Waals surface area contributed by atoms with E-state index in [0.29, 0.717) is 24.9 Å². The largest absolute Gasteiger partial charge is 0.471 e. The summed E-state index contributed by atoms with van der Waals surface area (Å²) in [5, 5.41) is 7.43. The first-order valence-corrected chi connectivity index (χ1v) is 25.2. The molecule has 70 heavy (non-hydrogen) atoms. The molecule has 1 saturated heterocycles. The van der Waals surface area contributed by atoms with Gasteiger partial charge in [0.15, 0.2) is 0 Å². The molecule has 2 aromatic carbocycles. The van der Waals surface area contributed by atoms with Crippen molar-refractivity contribution < 1.29 is 59.8 Å². The Morgan fingerprint density at radius 1 is 0.771 bits per heavy atom. The first-order chi connectivity index (χ1) is 32.6. The number of likely N-dealkylation sites (N-methyl/N-ethyl adjacent to an activating group) is 2. The van der Waals surface area contributed by atoms with E-state index in [1.165, 1.54) is 38.5 Å². The van der Waals surface area contributed by atoms with Gasteiger partial charge in [-0.2, -0.15) is 13.2 Å². The van der Waals surface area contributed by atoms with Crippen molar-refractivity contribution in [2.45, 2.75) is 135 Å². The van der Waals surface area contributed by atoms with Crippen LogP contribution < -0.4 is 20.7 Å². The SMILES string of the molecule is CO[C@H]([C@@H](C)C(=O)N[C@@H](Cc1ccccc1)C(=O)NS(=O)(=O)Cc1ccc(CNC(=O)C(F)(F)F)cc1)[C@@H]1CCCN1C(=O)C[C@@H](OC)[C@H](C(C)C)N(C)C(=O)[C@@H](NC(=O)[C@H](C(C)C)N(C)C)C(C)C. The topological polar surface area (TPSA) is 213 Å². The highest BCUT2D eigenvalue weighted by molar-refractivity contribution is 7.89. The minimum Gasteiger partial charge on any atom is -0.379 e. The van der Waals surface area contributed by atoms with Crippen molar-refractivity contribution in [3.63, 3.8) is 0 Å². The fraction of sp³-hybridized carbons (Fsp3) is 0.633. The zero-order chi connectivity index (χ0) is 52.8. The molecule has 0 radical (unpaired) electrons. The maximum atomic E-state index is 14.3. The van der Waals surface area contributed by atoms with Crippen LogP contribution in [0.25, 0.3) is 0 Å². The Hall–Kier alpha value is -5.12. The number of halogens is 3. The van der Waals surface area contributed by atoms with Crippen LogP contribution in [-0.2, 0) is 67.0 Å². The van der Waals surface area contributed by atoms with Crippen molar-refractivity contribution >= 4 is 45.5 Å². The second kappa shape index (κ2) is 26.4. The predicted octanol–water partition coefficient (Wildman–Crippen LogP) is 3.80. The third-order valence-corrected chi connectivity index (χ3v) is 13.9. The van der Waals surface area contributed by atoms with Gasteiger partial charge in [0.1, 0.15) is 12.1 Å². The molecule has 0 aromatic heterocycles. The summed E-state index contributed by atoms with van der Waals surface area (Å²) in [7, 11) is 3.79. The third kappa shape index (κ3) is 16.8. The molecule has 6 amide bonds. The van der Waals surface area contributed by atoms with E-state index in [2.05, 4.69) is 10.6 Å². The molecule has 8 atom stereocenters. The van der Waals surface area contributed by atoms with Gasteiger partial charge in [-0.25, -0.2) is 8.42 Å². The van der Waals surface area contributed by atoms with E-state index in [9.17, 15) is 50.4 Å². The fourth-order valence-electron chi connectivity index (χ4n) is 9.18. The zero-order valence-corrected chi connectivity index (χ0v) is 43.3. The highest BCUT2D eigenvalue weighted by atomic mass is 32.2. The monoisotopic (exact) mass is 1010 g/mol. The minimum atomic E-state index is -5.06. The quantitative estimate of drug-likeness (QED) is 0.112. The summed E-state index contributed by atoms with van der Waals surface area (Å²) >= 11 is 0. The van der Waals surface area contributed by atoms with Crippen molar-refractivity contribution in [1.29, 1.82) is 0 Å². The summed E-state index contributed by atoms with van der Waals surface area (Å²) in [6.45, 7) is 12.9. The molecule has 17 nitrogen and oxygen atoms in total. The molecule has 1 aliphatic heterocycles. The Bertz CT molecular complexity index is 2170. The molecule has 3 rings (SSSR count). The predicted molar refractivity (Wildman–Crippen MR) is 258 cm³/mol. The number of nitrogens with one attached hydrogen (secondary N) is 4. The van der Waals surface area contributed by atoms with E-state index in [0.717, 1.165) is 0 Å². The van der Waals surface area contributed by atoms with Gasteiger partial charge in [0, 0.05) is 40.8 Å². The Labute approximate surface area is 411 Å². The van der Waals surface area contributed by atoms with Crippen molar-refractivity contribution in [3.05, 3.63) is 71.3 Å². The number of sulfonamides is 1. The van der Waals surface area contributed by atoms with Crippen LogP contribution in [0.4, 0.5) is 13.2 Å². The van der Waals surface area contributed by atoms with Crippen LogP contribution in [0.1, 0.15) is 84.4 Å². The van der Waals surface area contributed by atoms with Gasteiger partial charge in [-0.3, -0.25) is 38.4 Å². The van der Waals surface area contributed by atoms with Crippen LogP contribution in [0.15, 0.2) is 54.6 Å². The van der Waals surface area contributed by atoms with Crippen molar-refractivity contribution in [2.24, 2.45) is 23.7 Å². The van der Waals surface area contributed by atoms with Gasteiger partial charge in [0.2, 0.25) is 33.7 Å². The molecule has 0 bridgehead atoms. The Morgan fingerprint density at radius 2 is 1.37 bits per heavy atom. The molecule has 4 N–H and O–H groups in total. The molecule has 1 heterocycles. The standard InChI is InChI=1S/C49H74F3N7O10S/c1-29(2)40(55-46(63)42(31(5)6)57(8)9)47(64)58(10)41(30(3)4)38(68-11)26-39(60)59-24-16-19-37(59)43(69-12)32(7)44(61)54-36(25-33-17-14-13-15-18-33)45(62)56-70(66,67)28-35-22-20-34(21-23-35)27-53-48(65)49(50,51)52/h13-15,17-18,20-23,29-32,36-38,40-43H,16,19,24-28H2,1-12H3,(H,53,65)(H,54,61)(H,55,63)(H,56,62)/t32-,36+,37+,38-,40+,41+,42+,43-/m1/s1. The number of methoxy groups -OCH3 is 2. The van der Waals surface area contributed by atoms with Crippen LogP contribution in [0.3, 0.4) is 0 Å². The van der Waals surface area contributed by atoms with Gasteiger partial charge in [-0.15, -0.1) is 0 Å². The Balaban J connectivity index is 1.78. The molecule has 2 aromatic rings. The molecule has 21 heteroatoms. The first kappa shape index (κ1) is 59.2. The van der Waals surface area contributed by atoms with E-state index >= 15 is 0 Å². The lowest BCUT2D eigenvalue weighted by Gasteiger charge is -2.40. The molecule has 0 aliphatic carbocycles. The number of nitrogens with zero attached hydrogens (tertiary/aromatic N) is 3. The summed E-state index contributed by atoms with van der Waals surface area (Å²) in [6.07, 6.45) is -5.80. The lowest BCUT2D eigenvalue weighted by atomic mass is 9.91. The number of hydrogen-bond acceptors (Lipinski definition) is 11. The molecule has 1 aliphatic rings. The maximum Gasteiger partial charge on any atom is 0.471 e. The number of alkyl halides is 3. The Morgan fingerprint density at radius 3 is 1.89 bits per heavy atom. The number of carbonyl (C=O) groups excluding carboxylic acids is 6. The lowest BCUT2D eigenvalue weighted by Crippen LogP contribution is -2.59. The number of benzene rings is 2. The molecular weight excluding hydrogens is 936 g/mol. The summed E-state index contributed by atoms with van der Waals surface area (Å²) in [4.78, 5) is 86.2. The number of ether oxygens (including phenoxy) is 2. The summed E-state index contributed by atoms with van der Waals surface area (Å²) in [5.74, 6) is -6.73. The molecule has 0 spiro atoms. The number of hydrogen-bond donors (Lipinski definition) is 4. The van der Waals surface area contributed by atoms with Crippen LogP contribution >= 0.6 is 0 Å².